The van der Waals surface area contributed by atoms with Crippen LogP contribution in [0.5, 0.6) is 0 Å². The van der Waals surface area contributed by atoms with Gasteiger partial charge in [0.05, 0.1) is 11.5 Å². The molecular weight excluding hydrogens is 368 g/mol. The molecule has 1 aliphatic rings. The third kappa shape index (κ3) is 3.63. The Bertz CT molecular complexity index is 1060. The maximum Gasteiger partial charge on any atom is 0.313 e. The van der Waals surface area contributed by atoms with Gasteiger partial charge in [-0.05, 0) is 25.0 Å². The van der Waals surface area contributed by atoms with Gasteiger partial charge in [-0.2, -0.15) is 0 Å². The molecule has 3 N–H and O–H groups in total. The lowest BCUT2D eigenvalue weighted by atomic mass is 9.66. The molecule has 1 aliphatic carbocycles. The Morgan fingerprint density at radius 2 is 1.83 bits per heavy atom. The first-order valence-corrected chi connectivity index (χ1v) is 9.66. The molecule has 6 heteroatoms. The van der Waals surface area contributed by atoms with Gasteiger partial charge in [-0.25, -0.2) is 0 Å². The topological polar surface area (TPSA) is 95.2 Å². The SMILES string of the molecule is Cc1ccc([C@H]2c3c([nH][nH]c3=O)C[C@](C)(O)[C@@H]2C(=O)OCc2ccccc2)cc1. The second-order valence-corrected chi connectivity index (χ2v) is 7.96. The molecule has 0 saturated carbocycles. The number of hydrogen-bond acceptors (Lipinski definition) is 4. The molecule has 150 valence electrons. The number of aromatic amines is 2. The van der Waals surface area contributed by atoms with Crippen molar-refractivity contribution in [2.24, 2.45) is 5.92 Å². The van der Waals surface area contributed by atoms with E-state index in [4.69, 9.17) is 4.74 Å². The van der Waals surface area contributed by atoms with Crippen molar-refractivity contribution in [2.45, 2.75) is 38.4 Å². The van der Waals surface area contributed by atoms with Crippen LogP contribution in [0.25, 0.3) is 0 Å². The smallest absolute Gasteiger partial charge is 0.313 e. The van der Waals surface area contributed by atoms with E-state index in [-0.39, 0.29) is 18.6 Å². The Morgan fingerprint density at radius 3 is 2.52 bits per heavy atom. The first-order chi connectivity index (χ1) is 13.9. The molecule has 0 radical (unpaired) electrons. The van der Waals surface area contributed by atoms with E-state index in [1.807, 2.05) is 61.5 Å². The van der Waals surface area contributed by atoms with Crippen molar-refractivity contribution in [3.63, 3.8) is 0 Å². The van der Waals surface area contributed by atoms with Crippen LogP contribution in [0.4, 0.5) is 0 Å². The van der Waals surface area contributed by atoms with Crippen molar-refractivity contribution >= 4 is 5.97 Å². The number of rotatable bonds is 4. The molecule has 0 aliphatic heterocycles. The summed E-state index contributed by atoms with van der Waals surface area (Å²) in [6.45, 7) is 3.71. The Labute approximate surface area is 168 Å². The minimum Gasteiger partial charge on any atom is -0.460 e. The molecule has 1 heterocycles. The number of aliphatic hydroxyl groups is 1. The number of benzene rings is 2. The molecule has 0 amide bonds. The number of nitrogens with one attached hydrogen (secondary N) is 2. The largest absolute Gasteiger partial charge is 0.460 e. The summed E-state index contributed by atoms with van der Waals surface area (Å²) in [6.07, 6.45) is 0.161. The summed E-state index contributed by atoms with van der Waals surface area (Å²) in [5.41, 5.74) is 2.19. The second kappa shape index (κ2) is 7.37. The number of hydrogen-bond donors (Lipinski definition) is 3. The van der Waals surface area contributed by atoms with Gasteiger partial charge in [0.2, 0.25) is 0 Å². The number of aryl methyl sites for hydroxylation is 1. The average Bonchev–Trinajstić information content (AvgIpc) is 3.05. The van der Waals surface area contributed by atoms with Gasteiger partial charge < -0.3 is 14.9 Å². The zero-order chi connectivity index (χ0) is 20.6. The molecule has 2 aromatic carbocycles. The van der Waals surface area contributed by atoms with Gasteiger partial charge in [0.25, 0.3) is 5.56 Å². The molecule has 6 nitrogen and oxygen atoms in total. The van der Waals surface area contributed by atoms with Crippen molar-refractivity contribution in [3.8, 4) is 0 Å². The van der Waals surface area contributed by atoms with Gasteiger partial charge >= 0.3 is 5.97 Å². The van der Waals surface area contributed by atoms with E-state index in [0.29, 0.717) is 11.3 Å². The summed E-state index contributed by atoms with van der Waals surface area (Å²) in [5, 5.41) is 16.7. The molecule has 0 fully saturated rings. The van der Waals surface area contributed by atoms with Gasteiger partial charge in [0, 0.05) is 23.6 Å². The highest BCUT2D eigenvalue weighted by Crippen LogP contribution is 2.44. The van der Waals surface area contributed by atoms with E-state index in [2.05, 4.69) is 10.2 Å². The lowest BCUT2D eigenvalue weighted by Crippen LogP contribution is -2.50. The molecule has 1 aromatic heterocycles. The van der Waals surface area contributed by atoms with Crippen molar-refractivity contribution in [3.05, 3.63) is 92.9 Å². The standard InChI is InChI=1S/C23H24N2O4/c1-14-8-10-16(11-9-14)18-19-17(24-25-21(19)26)12-23(2,28)20(18)22(27)29-13-15-6-4-3-5-7-15/h3-11,18,20,28H,12-13H2,1-2H3,(H2,24,25,26)/t18-,20-,23-/m0/s1. The van der Waals surface area contributed by atoms with Crippen LogP contribution >= 0.6 is 0 Å². The van der Waals surface area contributed by atoms with E-state index in [9.17, 15) is 14.7 Å². The summed E-state index contributed by atoms with van der Waals surface area (Å²) >= 11 is 0. The summed E-state index contributed by atoms with van der Waals surface area (Å²) in [6, 6.07) is 17.1. The molecule has 3 atom stereocenters. The van der Waals surface area contributed by atoms with Crippen LogP contribution in [-0.2, 0) is 22.6 Å². The highest BCUT2D eigenvalue weighted by atomic mass is 16.5. The van der Waals surface area contributed by atoms with Crippen molar-refractivity contribution in [1.29, 1.82) is 0 Å². The number of carbonyl (C=O) groups excluding carboxylic acids is 1. The van der Waals surface area contributed by atoms with Crippen LogP contribution in [0.15, 0.2) is 59.4 Å². The minimum atomic E-state index is -1.37. The van der Waals surface area contributed by atoms with E-state index < -0.39 is 23.4 Å². The summed E-state index contributed by atoms with van der Waals surface area (Å²) in [5.74, 6) is -2.03. The fourth-order valence-electron chi connectivity index (χ4n) is 4.21. The van der Waals surface area contributed by atoms with E-state index in [1.54, 1.807) is 6.92 Å². The lowest BCUT2D eigenvalue weighted by molar-refractivity contribution is -0.161. The summed E-state index contributed by atoms with van der Waals surface area (Å²) < 4.78 is 5.59. The number of esters is 1. The monoisotopic (exact) mass is 392 g/mol. The van der Waals surface area contributed by atoms with Gasteiger partial charge in [0.15, 0.2) is 0 Å². The van der Waals surface area contributed by atoms with E-state index in [1.165, 1.54) is 0 Å². The van der Waals surface area contributed by atoms with E-state index in [0.717, 1.165) is 16.7 Å². The Balaban J connectivity index is 1.74. The summed E-state index contributed by atoms with van der Waals surface area (Å²) in [7, 11) is 0. The highest BCUT2D eigenvalue weighted by Gasteiger charge is 2.51. The number of fused-ring (bicyclic) bond motifs is 1. The van der Waals surface area contributed by atoms with Crippen LogP contribution in [0.3, 0.4) is 0 Å². The van der Waals surface area contributed by atoms with Gasteiger partial charge in [-0.1, -0.05) is 60.2 Å². The number of aromatic nitrogens is 2. The molecule has 0 spiro atoms. The fraction of sp³-hybridized carbons (Fsp3) is 0.304. The Hall–Kier alpha value is -3.12. The normalized spacial score (nSPS) is 23.4. The predicted octanol–water partition coefficient (Wildman–Crippen LogP) is 2.81. The summed E-state index contributed by atoms with van der Waals surface area (Å²) in [4.78, 5) is 25.7. The zero-order valence-corrected chi connectivity index (χ0v) is 16.4. The van der Waals surface area contributed by atoms with Crippen LogP contribution in [-0.4, -0.2) is 26.9 Å². The van der Waals surface area contributed by atoms with Gasteiger partial charge in [-0.15, -0.1) is 0 Å². The average molecular weight is 392 g/mol. The molecule has 0 saturated heterocycles. The van der Waals surface area contributed by atoms with Crippen molar-refractivity contribution in [1.82, 2.24) is 10.2 Å². The quantitative estimate of drug-likeness (QED) is 0.595. The molecular formula is C23H24N2O4. The van der Waals surface area contributed by atoms with Gasteiger partial charge in [0.1, 0.15) is 6.61 Å². The molecule has 0 bridgehead atoms. The van der Waals surface area contributed by atoms with Crippen LogP contribution < -0.4 is 5.56 Å². The minimum absolute atomic E-state index is 0.114. The van der Waals surface area contributed by atoms with Crippen molar-refractivity contribution < 1.29 is 14.6 Å². The number of H-pyrrole nitrogens is 2. The fourth-order valence-corrected chi connectivity index (χ4v) is 4.21. The predicted molar refractivity (Wildman–Crippen MR) is 108 cm³/mol. The second-order valence-electron chi connectivity index (χ2n) is 7.96. The number of ether oxygens (including phenoxy) is 1. The first kappa shape index (κ1) is 19.2. The Morgan fingerprint density at radius 1 is 1.14 bits per heavy atom. The lowest BCUT2D eigenvalue weighted by Gasteiger charge is -2.40. The van der Waals surface area contributed by atoms with Crippen LogP contribution in [0.2, 0.25) is 0 Å². The maximum absolute atomic E-state index is 13.2. The molecule has 0 unspecified atom stereocenters. The molecule has 29 heavy (non-hydrogen) atoms. The van der Waals surface area contributed by atoms with E-state index >= 15 is 0 Å². The van der Waals surface area contributed by atoms with Crippen LogP contribution in [0.1, 0.15) is 40.8 Å². The third-order valence-corrected chi connectivity index (χ3v) is 5.66. The number of carbonyl (C=O) groups is 1. The highest BCUT2D eigenvalue weighted by molar-refractivity contribution is 5.77. The first-order valence-electron chi connectivity index (χ1n) is 9.66. The molecule has 3 aromatic rings. The maximum atomic E-state index is 13.2. The van der Waals surface area contributed by atoms with Crippen molar-refractivity contribution in [2.75, 3.05) is 0 Å². The molecule has 4 rings (SSSR count). The zero-order valence-electron chi connectivity index (χ0n) is 16.4. The van der Waals surface area contributed by atoms with Crippen LogP contribution in [0, 0.1) is 12.8 Å². The van der Waals surface area contributed by atoms with Gasteiger partial charge in [-0.3, -0.25) is 14.7 Å². The third-order valence-electron chi connectivity index (χ3n) is 5.66. The Kier molecular flexibility index (Phi) is 4.88.